The van der Waals surface area contributed by atoms with Gasteiger partial charge in [-0.2, -0.15) is 0 Å². The second kappa shape index (κ2) is 14.0. The molecule has 3 aromatic carbocycles. The first kappa shape index (κ1) is 27.7. The van der Waals surface area contributed by atoms with Gasteiger partial charge in [0.25, 0.3) is 0 Å². The highest BCUT2D eigenvalue weighted by atomic mass is 79.9. The molecule has 1 fully saturated rings. The molecule has 0 spiro atoms. The first-order valence-electron chi connectivity index (χ1n) is 12.7. The molecule has 0 aliphatic heterocycles. The summed E-state index contributed by atoms with van der Waals surface area (Å²) >= 11 is 11.4. The molecule has 0 radical (unpaired) electrons. The maximum atomic E-state index is 13.8. The van der Waals surface area contributed by atoms with Crippen LogP contribution in [0.15, 0.2) is 83.3 Å². The third-order valence-corrected chi connectivity index (χ3v) is 8.48. The van der Waals surface area contributed by atoms with Crippen LogP contribution in [0.4, 0.5) is 0 Å². The summed E-state index contributed by atoms with van der Waals surface area (Å²) in [5, 5.41) is 3.96. The van der Waals surface area contributed by atoms with Crippen LogP contribution in [0.3, 0.4) is 0 Å². The van der Waals surface area contributed by atoms with Gasteiger partial charge in [-0.3, -0.25) is 9.59 Å². The van der Waals surface area contributed by atoms with Crippen molar-refractivity contribution in [2.75, 3.05) is 5.75 Å². The van der Waals surface area contributed by atoms with Gasteiger partial charge < -0.3 is 10.2 Å². The van der Waals surface area contributed by atoms with E-state index in [0.29, 0.717) is 23.7 Å². The summed E-state index contributed by atoms with van der Waals surface area (Å²) in [5.74, 6) is 0.768. The lowest BCUT2D eigenvalue weighted by atomic mass is 10.0. The summed E-state index contributed by atoms with van der Waals surface area (Å²) in [5.41, 5.74) is 3.01. The van der Waals surface area contributed by atoms with Gasteiger partial charge in [0.05, 0.1) is 5.75 Å². The van der Waals surface area contributed by atoms with Gasteiger partial charge in [-0.25, -0.2) is 0 Å². The molecule has 1 N–H and O–H groups in total. The lowest BCUT2D eigenvalue weighted by Gasteiger charge is -2.32. The third kappa shape index (κ3) is 8.36. The number of amides is 2. The smallest absolute Gasteiger partial charge is 0.243 e. The highest BCUT2D eigenvalue weighted by molar-refractivity contribution is 9.10. The largest absolute Gasteiger partial charge is 0.352 e. The van der Waals surface area contributed by atoms with Crippen molar-refractivity contribution in [2.24, 2.45) is 0 Å². The van der Waals surface area contributed by atoms with Gasteiger partial charge in [0, 0.05) is 34.3 Å². The van der Waals surface area contributed by atoms with Crippen LogP contribution in [-0.4, -0.2) is 34.6 Å². The summed E-state index contributed by atoms with van der Waals surface area (Å²) < 4.78 is 0.945. The Bertz CT molecular complexity index is 1190. The Labute approximate surface area is 237 Å². The minimum absolute atomic E-state index is 0.0560. The van der Waals surface area contributed by atoms with Crippen molar-refractivity contribution in [3.8, 4) is 0 Å². The van der Waals surface area contributed by atoms with Crippen LogP contribution in [0.1, 0.15) is 42.4 Å². The minimum Gasteiger partial charge on any atom is -0.352 e. The van der Waals surface area contributed by atoms with Gasteiger partial charge in [0.15, 0.2) is 0 Å². The molecule has 0 saturated heterocycles. The number of benzene rings is 3. The lowest BCUT2D eigenvalue weighted by molar-refractivity contribution is -0.139. The molecule has 0 heterocycles. The maximum absolute atomic E-state index is 13.8. The van der Waals surface area contributed by atoms with E-state index < -0.39 is 6.04 Å². The van der Waals surface area contributed by atoms with Crippen molar-refractivity contribution in [2.45, 2.75) is 56.5 Å². The standard InChI is InChI=1S/C30H32BrClN2O2S/c31-25-13-8-11-23(17-25)19-34(29(35)21-37-20-24-12-4-7-16-27(24)32)28(18-22-9-2-1-3-10-22)30(36)33-26-14-5-6-15-26/h1-4,7-13,16-17,26,28H,5-6,14-15,18-21H2,(H,33,36)/t28-/m0/s1. The monoisotopic (exact) mass is 598 g/mol. The van der Waals surface area contributed by atoms with Gasteiger partial charge in [0.2, 0.25) is 11.8 Å². The topological polar surface area (TPSA) is 49.4 Å². The second-order valence-corrected chi connectivity index (χ2v) is 11.7. The summed E-state index contributed by atoms with van der Waals surface area (Å²) in [7, 11) is 0. The average Bonchev–Trinajstić information content (AvgIpc) is 3.41. The molecular weight excluding hydrogens is 568 g/mol. The van der Waals surface area contributed by atoms with Crippen molar-refractivity contribution in [3.63, 3.8) is 0 Å². The zero-order valence-corrected chi connectivity index (χ0v) is 23.9. The Morgan fingerprint density at radius 1 is 0.973 bits per heavy atom. The number of nitrogens with zero attached hydrogens (tertiary/aromatic N) is 1. The predicted molar refractivity (Wildman–Crippen MR) is 157 cm³/mol. The Kier molecular flexibility index (Phi) is 10.5. The highest BCUT2D eigenvalue weighted by Crippen LogP contribution is 2.24. The van der Waals surface area contributed by atoms with E-state index in [-0.39, 0.29) is 23.6 Å². The van der Waals surface area contributed by atoms with E-state index in [0.717, 1.165) is 46.8 Å². The van der Waals surface area contributed by atoms with Crippen molar-refractivity contribution in [1.29, 1.82) is 0 Å². The summed E-state index contributed by atoms with van der Waals surface area (Å²) in [4.78, 5) is 29.2. The number of carbonyl (C=O) groups excluding carboxylic acids is 2. The van der Waals surface area contributed by atoms with E-state index in [1.807, 2.05) is 78.9 Å². The SMILES string of the molecule is O=C(NC1CCCC1)[C@H](Cc1ccccc1)N(Cc1cccc(Br)c1)C(=O)CSCc1ccccc1Cl. The van der Waals surface area contributed by atoms with E-state index in [4.69, 9.17) is 11.6 Å². The number of hydrogen-bond acceptors (Lipinski definition) is 3. The van der Waals surface area contributed by atoms with E-state index in [1.165, 1.54) is 11.8 Å². The van der Waals surface area contributed by atoms with Crippen LogP contribution in [0, 0.1) is 0 Å². The van der Waals surface area contributed by atoms with Crippen LogP contribution in [0.2, 0.25) is 5.02 Å². The number of hydrogen-bond donors (Lipinski definition) is 1. The maximum Gasteiger partial charge on any atom is 0.243 e. The number of carbonyl (C=O) groups is 2. The molecule has 37 heavy (non-hydrogen) atoms. The first-order valence-corrected chi connectivity index (χ1v) is 15.0. The van der Waals surface area contributed by atoms with Gasteiger partial charge in [-0.15, -0.1) is 11.8 Å². The van der Waals surface area contributed by atoms with E-state index in [1.54, 1.807) is 4.90 Å². The van der Waals surface area contributed by atoms with E-state index >= 15 is 0 Å². The van der Waals surface area contributed by atoms with Crippen LogP contribution >= 0.6 is 39.3 Å². The van der Waals surface area contributed by atoms with Crippen molar-refractivity contribution in [3.05, 3.63) is 105 Å². The summed E-state index contributed by atoms with van der Waals surface area (Å²) in [6.07, 6.45) is 4.73. The fourth-order valence-corrected chi connectivity index (χ4v) is 6.34. The van der Waals surface area contributed by atoms with Crippen LogP contribution in [-0.2, 0) is 28.3 Å². The zero-order valence-electron chi connectivity index (χ0n) is 20.7. The molecule has 1 aliphatic carbocycles. The predicted octanol–water partition coefficient (Wildman–Crippen LogP) is 7.03. The highest BCUT2D eigenvalue weighted by Gasteiger charge is 2.32. The summed E-state index contributed by atoms with van der Waals surface area (Å²) in [6, 6.07) is 25.1. The molecule has 194 valence electrons. The molecule has 0 bridgehead atoms. The van der Waals surface area contributed by atoms with Gasteiger partial charge >= 0.3 is 0 Å². The fraction of sp³-hybridized carbons (Fsp3) is 0.333. The minimum atomic E-state index is -0.601. The molecular formula is C30H32BrClN2O2S. The Balaban J connectivity index is 1.57. The summed E-state index contributed by atoms with van der Waals surface area (Å²) in [6.45, 7) is 0.362. The van der Waals surface area contributed by atoms with Crippen LogP contribution < -0.4 is 5.32 Å². The van der Waals surface area contributed by atoms with Crippen molar-refractivity contribution in [1.82, 2.24) is 10.2 Å². The molecule has 3 aromatic rings. The zero-order chi connectivity index (χ0) is 26.0. The van der Waals surface area contributed by atoms with Crippen LogP contribution in [0.5, 0.6) is 0 Å². The van der Waals surface area contributed by atoms with Gasteiger partial charge in [-0.1, -0.05) is 101 Å². The number of halogens is 2. The average molecular weight is 600 g/mol. The number of rotatable bonds is 11. The lowest BCUT2D eigenvalue weighted by Crippen LogP contribution is -2.52. The molecule has 1 atom stereocenters. The normalized spacial score (nSPS) is 14.3. The molecule has 0 aromatic heterocycles. The Morgan fingerprint density at radius 2 is 1.68 bits per heavy atom. The molecule has 0 unspecified atom stereocenters. The van der Waals surface area contributed by atoms with Gasteiger partial charge in [0.1, 0.15) is 6.04 Å². The van der Waals surface area contributed by atoms with Crippen molar-refractivity contribution >= 4 is 51.1 Å². The van der Waals surface area contributed by atoms with Gasteiger partial charge in [-0.05, 0) is 47.7 Å². The number of thioether (sulfide) groups is 1. The molecule has 4 rings (SSSR count). The molecule has 7 heteroatoms. The van der Waals surface area contributed by atoms with Crippen LogP contribution in [0.25, 0.3) is 0 Å². The second-order valence-electron chi connectivity index (χ2n) is 9.43. The first-order chi connectivity index (χ1) is 18.0. The van der Waals surface area contributed by atoms with Crippen molar-refractivity contribution < 1.29 is 9.59 Å². The molecule has 1 aliphatic rings. The Morgan fingerprint density at radius 3 is 2.41 bits per heavy atom. The Hall–Kier alpha value is -2.28. The van der Waals surface area contributed by atoms with E-state index in [2.05, 4.69) is 21.2 Å². The third-order valence-electron chi connectivity index (χ3n) is 6.66. The van der Waals surface area contributed by atoms with E-state index in [9.17, 15) is 9.59 Å². The quantitative estimate of drug-likeness (QED) is 0.257. The molecule has 1 saturated carbocycles. The fourth-order valence-electron chi connectivity index (χ4n) is 4.70. The molecule has 2 amide bonds. The molecule has 4 nitrogen and oxygen atoms in total. The number of nitrogens with one attached hydrogen (secondary N) is 1.